The minimum absolute atomic E-state index is 0. The Hall–Kier alpha value is -1.79. The molecule has 0 heterocycles. The SMILES string of the molecule is CC(C)(C)OC(=O)[C@@H]([NH3+])CCCCNC(=O)OCc1ccccc1.[Cl-]. The van der Waals surface area contributed by atoms with Crippen molar-refractivity contribution in [2.24, 2.45) is 0 Å². The maximum absolute atomic E-state index is 11.8. The van der Waals surface area contributed by atoms with Crippen molar-refractivity contribution in [1.82, 2.24) is 5.32 Å². The van der Waals surface area contributed by atoms with Gasteiger partial charge >= 0.3 is 12.1 Å². The fraction of sp³-hybridized carbons (Fsp3) is 0.556. The molecule has 0 aliphatic carbocycles. The van der Waals surface area contributed by atoms with Crippen LogP contribution in [0.4, 0.5) is 4.79 Å². The molecule has 7 heteroatoms. The molecule has 4 N–H and O–H groups in total. The number of hydrogen-bond acceptors (Lipinski definition) is 4. The Morgan fingerprint density at radius 1 is 1.16 bits per heavy atom. The first-order valence-corrected chi connectivity index (χ1v) is 8.28. The van der Waals surface area contributed by atoms with Crippen molar-refractivity contribution in [2.45, 2.75) is 58.3 Å². The van der Waals surface area contributed by atoms with Gasteiger partial charge in [-0.3, -0.25) is 0 Å². The zero-order valence-corrected chi connectivity index (χ0v) is 16.0. The largest absolute Gasteiger partial charge is 1.00 e. The molecule has 1 amide bonds. The van der Waals surface area contributed by atoms with Gasteiger partial charge in [0.1, 0.15) is 12.2 Å². The highest BCUT2D eigenvalue weighted by Gasteiger charge is 2.24. The van der Waals surface area contributed by atoms with Crippen molar-refractivity contribution >= 4 is 12.1 Å². The third-order valence-electron chi connectivity index (χ3n) is 3.20. The highest BCUT2D eigenvalue weighted by molar-refractivity contribution is 5.74. The zero-order chi connectivity index (χ0) is 18.0. The second kappa shape index (κ2) is 11.7. The number of unbranched alkanes of at least 4 members (excludes halogenated alkanes) is 1. The molecule has 0 fully saturated rings. The molecule has 25 heavy (non-hydrogen) atoms. The summed E-state index contributed by atoms with van der Waals surface area (Å²) in [5.74, 6) is -0.280. The molecule has 0 aliphatic heterocycles. The fourth-order valence-electron chi connectivity index (χ4n) is 1.98. The van der Waals surface area contributed by atoms with Crippen LogP contribution in [0.5, 0.6) is 0 Å². The number of hydrogen-bond donors (Lipinski definition) is 2. The monoisotopic (exact) mass is 372 g/mol. The molecule has 0 spiro atoms. The lowest BCUT2D eigenvalue weighted by Crippen LogP contribution is -3.00. The summed E-state index contributed by atoms with van der Waals surface area (Å²) in [6.45, 7) is 6.27. The van der Waals surface area contributed by atoms with Crippen molar-refractivity contribution in [1.29, 1.82) is 0 Å². The molecule has 0 radical (unpaired) electrons. The van der Waals surface area contributed by atoms with E-state index < -0.39 is 11.7 Å². The van der Waals surface area contributed by atoms with Gasteiger partial charge in [0.25, 0.3) is 0 Å². The molecule has 0 saturated carbocycles. The summed E-state index contributed by atoms with van der Waals surface area (Å²) in [5.41, 5.74) is 4.29. The number of carbonyl (C=O) groups excluding carboxylic acids is 2. The van der Waals surface area contributed by atoms with E-state index in [1.54, 1.807) is 0 Å². The van der Waals surface area contributed by atoms with E-state index in [4.69, 9.17) is 9.47 Å². The molecule has 0 saturated heterocycles. The molecule has 142 valence electrons. The summed E-state index contributed by atoms with van der Waals surface area (Å²) >= 11 is 0. The van der Waals surface area contributed by atoms with E-state index in [1.165, 1.54) is 0 Å². The van der Waals surface area contributed by atoms with Gasteiger partial charge in [-0.15, -0.1) is 0 Å². The molecule has 1 aromatic rings. The van der Waals surface area contributed by atoms with Gasteiger partial charge in [-0.2, -0.15) is 0 Å². The molecule has 0 aromatic heterocycles. The third kappa shape index (κ3) is 11.4. The first-order valence-electron chi connectivity index (χ1n) is 8.28. The average molecular weight is 373 g/mol. The number of benzene rings is 1. The van der Waals surface area contributed by atoms with Gasteiger partial charge in [0.05, 0.1) is 0 Å². The van der Waals surface area contributed by atoms with E-state index in [0.29, 0.717) is 13.0 Å². The smallest absolute Gasteiger partial charge is 0.407 e. The normalized spacial score (nSPS) is 11.8. The van der Waals surface area contributed by atoms with E-state index >= 15 is 0 Å². The minimum Gasteiger partial charge on any atom is -1.00 e. The number of amides is 1. The second-order valence-corrected chi connectivity index (χ2v) is 6.71. The zero-order valence-electron chi connectivity index (χ0n) is 15.2. The van der Waals surface area contributed by atoms with Crippen LogP contribution in [-0.4, -0.2) is 30.3 Å². The maximum Gasteiger partial charge on any atom is 0.407 e. The third-order valence-corrected chi connectivity index (χ3v) is 3.20. The van der Waals surface area contributed by atoms with Crippen LogP contribution in [0.25, 0.3) is 0 Å². The Kier molecular flexibility index (Phi) is 10.9. The number of ether oxygens (including phenoxy) is 2. The van der Waals surface area contributed by atoms with Crippen molar-refractivity contribution in [3.05, 3.63) is 35.9 Å². The Morgan fingerprint density at radius 3 is 2.40 bits per heavy atom. The Balaban J connectivity index is 0.00000576. The maximum atomic E-state index is 11.8. The first-order chi connectivity index (χ1) is 11.3. The predicted molar refractivity (Wildman–Crippen MR) is 91.0 cm³/mol. The van der Waals surface area contributed by atoms with Gasteiger partial charge in [-0.1, -0.05) is 30.3 Å². The van der Waals surface area contributed by atoms with Gasteiger partial charge in [-0.25, -0.2) is 9.59 Å². The topological polar surface area (TPSA) is 92.3 Å². The Bertz CT molecular complexity index is 518. The number of esters is 1. The summed E-state index contributed by atoms with van der Waals surface area (Å²) in [7, 11) is 0. The van der Waals surface area contributed by atoms with Gasteiger partial charge < -0.3 is 32.9 Å². The number of carbonyl (C=O) groups is 2. The van der Waals surface area contributed by atoms with Crippen LogP contribution in [0.1, 0.15) is 45.6 Å². The van der Waals surface area contributed by atoms with E-state index in [2.05, 4.69) is 11.1 Å². The Morgan fingerprint density at radius 2 is 1.80 bits per heavy atom. The average Bonchev–Trinajstić information content (AvgIpc) is 2.51. The summed E-state index contributed by atoms with van der Waals surface area (Å²) < 4.78 is 10.4. The number of alkyl carbamates (subject to hydrolysis) is 1. The lowest BCUT2D eigenvalue weighted by molar-refractivity contribution is -0.411. The van der Waals surface area contributed by atoms with E-state index in [9.17, 15) is 9.59 Å². The van der Waals surface area contributed by atoms with Crippen LogP contribution in [0.3, 0.4) is 0 Å². The number of rotatable bonds is 8. The van der Waals surface area contributed by atoms with Crippen LogP contribution >= 0.6 is 0 Å². The van der Waals surface area contributed by atoms with Gasteiger partial charge in [0.2, 0.25) is 0 Å². The first kappa shape index (κ1) is 23.2. The molecular formula is C18H29ClN2O4. The molecule has 1 aromatic carbocycles. The van der Waals surface area contributed by atoms with Crippen LogP contribution in [-0.2, 0) is 20.9 Å². The van der Waals surface area contributed by atoms with Crippen LogP contribution in [0.2, 0.25) is 0 Å². The molecule has 1 rings (SSSR count). The van der Waals surface area contributed by atoms with E-state index in [0.717, 1.165) is 18.4 Å². The van der Waals surface area contributed by atoms with Gasteiger partial charge in [0, 0.05) is 13.0 Å². The molecule has 0 unspecified atom stereocenters. The summed E-state index contributed by atoms with van der Waals surface area (Å²) in [4.78, 5) is 23.3. The van der Waals surface area contributed by atoms with Crippen molar-refractivity contribution < 1.29 is 37.2 Å². The summed E-state index contributed by atoms with van der Waals surface area (Å²) in [6.07, 6.45) is 1.74. The molecular weight excluding hydrogens is 344 g/mol. The van der Waals surface area contributed by atoms with E-state index in [1.807, 2.05) is 51.1 Å². The number of nitrogens with one attached hydrogen (secondary N) is 1. The lowest BCUT2D eigenvalue weighted by atomic mass is 10.1. The van der Waals surface area contributed by atoms with Crippen LogP contribution < -0.4 is 23.5 Å². The van der Waals surface area contributed by atoms with Crippen molar-refractivity contribution in [3.8, 4) is 0 Å². The van der Waals surface area contributed by atoms with Crippen LogP contribution in [0.15, 0.2) is 30.3 Å². The molecule has 6 nitrogen and oxygen atoms in total. The van der Waals surface area contributed by atoms with Gasteiger partial charge in [0.15, 0.2) is 6.04 Å². The highest BCUT2D eigenvalue weighted by atomic mass is 35.5. The summed E-state index contributed by atoms with van der Waals surface area (Å²) in [6, 6.07) is 9.13. The fourth-order valence-corrected chi connectivity index (χ4v) is 1.98. The Labute approximate surface area is 155 Å². The summed E-state index contributed by atoms with van der Waals surface area (Å²) in [5, 5.41) is 2.70. The standard InChI is InChI=1S/C18H28N2O4.ClH/c1-18(2,3)24-16(21)15(19)11-7-8-12-20-17(22)23-13-14-9-5-4-6-10-14;/h4-6,9-10,15H,7-8,11-13,19H2,1-3H3,(H,20,22);1H/t15-;/m0./s1. The number of quaternary nitrogens is 1. The number of halogens is 1. The second-order valence-electron chi connectivity index (χ2n) is 6.71. The van der Waals surface area contributed by atoms with Crippen LogP contribution in [0, 0.1) is 0 Å². The molecule has 1 atom stereocenters. The lowest BCUT2D eigenvalue weighted by Gasteiger charge is -2.20. The molecule has 0 bridgehead atoms. The predicted octanol–water partition coefficient (Wildman–Crippen LogP) is -0.961. The quantitative estimate of drug-likeness (QED) is 0.454. The molecule has 0 aliphatic rings. The van der Waals surface area contributed by atoms with Crippen molar-refractivity contribution in [2.75, 3.05) is 6.54 Å². The van der Waals surface area contributed by atoms with Crippen molar-refractivity contribution in [3.63, 3.8) is 0 Å². The minimum atomic E-state index is -0.489. The highest BCUT2D eigenvalue weighted by Crippen LogP contribution is 2.09. The van der Waals surface area contributed by atoms with E-state index in [-0.39, 0.29) is 31.0 Å². The van der Waals surface area contributed by atoms with Gasteiger partial charge in [-0.05, 0) is 39.2 Å².